The average Bonchev–Trinajstić information content (AvgIpc) is 2.44. The molecule has 0 spiro atoms. The summed E-state index contributed by atoms with van der Waals surface area (Å²) in [5.41, 5.74) is 9.43. The topological polar surface area (TPSA) is 46.3 Å². The summed E-state index contributed by atoms with van der Waals surface area (Å²) in [6, 6.07) is 15.7. The quantitative estimate of drug-likeness (QED) is 0.835. The molecule has 1 amide bonds. The number of nitrogens with zero attached hydrogens (tertiary/aromatic N) is 1. The molecule has 0 saturated heterocycles. The molecular weight excluding hydrogens is 236 g/mol. The third-order valence-corrected chi connectivity index (χ3v) is 3.52. The van der Waals surface area contributed by atoms with E-state index in [1.165, 1.54) is 0 Å². The lowest BCUT2D eigenvalue weighted by Crippen LogP contribution is -2.37. The van der Waals surface area contributed by atoms with Gasteiger partial charge in [0.2, 0.25) is 0 Å². The summed E-state index contributed by atoms with van der Waals surface area (Å²) in [6.07, 6.45) is 0.897. The van der Waals surface area contributed by atoms with Crippen LogP contribution in [0.25, 0.3) is 0 Å². The zero-order valence-electron chi connectivity index (χ0n) is 10.7. The van der Waals surface area contributed by atoms with Crippen LogP contribution in [0.15, 0.2) is 48.5 Å². The molecule has 1 aliphatic rings. The van der Waals surface area contributed by atoms with Crippen LogP contribution in [0.1, 0.15) is 21.5 Å². The summed E-state index contributed by atoms with van der Waals surface area (Å²) in [7, 11) is 0. The number of nitrogen functional groups attached to an aromatic ring is 1. The van der Waals surface area contributed by atoms with Crippen LogP contribution in [-0.2, 0) is 13.0 Å². The summed E-state index contributed by atoms with van der Waals surface area (Å²) in [4.78, 5) is 14.3. The second kappa shape index (κ2) is 4.76. The number of rotatable bonds is 2. The average molecular weight is 252 g/mol. The van der Waals surface area contributed by atoms with Crippen molar-refractivity contribution in [3.63, 3.8) is 0 Å². The van der Waals surface area contributed by atoms with Crippen molar-refractivity contribution in [3.8, 4) is 0 Å². The van der Waals surface area contributed by atoms with Gasteiger partial charge >= 0.3 is 0 Å². The van der Waals surface area contributed by atoms with Gasteiger partial charge < -0.3 is 10.6 Å². The van der Waals surface area contributed by atoms with Crippen molar-refractivity contribution in [1.82, 2.24) is 4.90 Å². The molecule has 0 bridgehead atoms. The SMILES string of the molecule is Nc1ccc2c(c1)C(=O)N(Cc1ccccc1)CC2. The van der Waals surface area contributed by atoms with Crippen LogP contribution in [0.4, 0.5) is 5.69 Å². The summed E-state index contributed by atoms with van der Waals surface area (Å²) in [6.45, 7) is 1.43. The second-order valence-corrected chi connectivity index (χ2v) is 4.88. The predicted octanol–water partition coefficient (Wildman–Crippen LogP) is 2.47. The van der Waals surface area contributed by atoms with Gasteiger partial charge in [-0.15, -0.1) is 0 Å². The summed E-state index contributed by atoms with van der Waals surface area (Å²) >= 11 is 0. The van der Waals surface area contributed by atoms with E-state index >= 15 is 0 Å². The minimum absolute atomic E-state index is 0.0809. The normalized spacial score (nSPS) is 14.3. The van der Waals surface area contributed by atoms with E-state index in [0.717, 1.165) is 29.7 Å². The first kappa shape index (κ1) is 11.8. The Bertz CT molecular complexity index is 607. The Morgan fingerprint density at radius 3 is 2.68 bits per heavy atom. The molecule has 3 rings (SSSR count). The molecule has 3 nitrogen and oxygen atoms in total. The molecule has 0 unspecified atom stereocenters. The van der Waals surface area contributed by atoms with E-state index < -0.39 is 0 Å². The van der Waals surface area contributed by atoms with Gasteiger partial charge in [-0.05, 0) is 29.7 Å². The number of amides is 1. The van der Waals surface area contributed by atoms with Crippen molar-refractivity contribution in [2.75, 3.05) is 12.3 Å². The Morgan fingerprint density at radius 1 is 1.11 bits per heavy atom. The first-order chi connectivity index (χ1) is 9.24. The highest BCUT2D eigenvalue weighted by molar-refractivity contribution is 5.97. The first-order valence-corrected chi connectivity index (χ1v) is 6.45. The summed E-state index contributed by atoms with van der Waals surface area (Å²) < 4.78 is 0. The van der Waals surface area contributed by atoms with Crippen LogP contribution in [0, 0.1) is 0 Å². The third-order valence-electron chi connectivity index (χ3n) is 3.52. The van der Waals surface area contributed by atoms with Crippen LogP contribution < -0.4 is 5.73 Å². The molecule has 2 aromatic rings. The largest absolute Gasteiger partial charge is 0.399 e. The molecule has 1 heterocycles. The number of hydrogen-bond donors (Lipinski definition) is 1. The zero-order valence-corrected chi connectivity index (χ0v) is 10.7. The zero-order chi connectivity index (χ0) is 13.2. The Morgan fingerprint density at radius 2 is 1.89 bits per heavy atom. The Hall–Kier alpha value is -2.29. The van der Waals surface area contributed by atoms with Crippen molar-refractivity contribution in [2.45, 2.75) is 13.0 Å². The molecule has 0 fully saturated rings. The number of carbonyl (C=O) groups is 1. The van der Waals surface area contributed by atoms with Crippen LogP contribution in [-0.4, -0.2) is 17.4 Å². The van der Waals surface area contributed by atoms with E-state index in [2.05, 4.69) is 0 Å². The Kier molecular flexibility index (Phi) is 2.95. The van der Waals surface area contributed by atoms with Crippen LogP contribution in [0.3, 0.4) is 0 Å². The fourth-order valence-electron chi connectivity index (χ4n) is 2.49. The van der Waals surface area contributed by atoms with E-state index in [-0.39, 0.29) is 5.91 Å². The minimum atomic E-state index is 0.0809. The van der Waals surface area contributed by atoms with Crippen molar-refractivity contribution < 1.29 is 4.79 Å². The lowest BCUT2D eigenvalue weighted by Gasteiger charge is -2.28. The number of nitrogens with two attached hydrogens (primary N) is 1. The van der Waals surface area contributed by atoms with Crippen molar-refractivity contribution >= 4 is 11.6 Å². The molecule has 1 aliphatic heterocycles. The number of fused-ring (bicyclic) bond motifs is 1. The fourth-order valence-corrected chi connectivity index (χ4v) is 2.49. The van der Waals surface area contributed by atoms with E-state index in [4.69, 9.17) is 5.73 Å². The van der Waals surface area contributed by atoms with Crippen LogP contribution in [0.5, 0.6) is 0 Å². The number of carbonyl (C=O) groups excluding carboxylic acids is 1. The highest BCUT2D eigenvalue weighted by Gasteiger charge is 2.24. The minimum Gasteiger partial charge on any atom is -0.399 e. The molecule has 0 saturated carbocycles. The molecule has 96 valence electrons. The van der Waals surface area contributed by atoms with E-state index in [9.17, 15) is 4.79 Å². The standard InChI is InChI=1S/C16H16N2O/c17-14-7-6-13-8-9-18(16(19)15(13)10-14)11-12-4-2-1-3-5-12/h1-7,10H,8-9,11,17H2. The van der Waals surface area contributed by atoms with Crippen LogP contribution in [0.2, 0.25) is 0 Å². The molecule has 2 N–H and O–H groups in total. The maximum absolute atomic E-state index is 12.4. The highest BCUT2D eigenvalue weighted by Crippen LogP contribution is 2.22. The van der Waals surface area contributed by atoms with E-state index in [1.807, 2.05) is 47.4 Å². The van der Waals surface area contributed by atoms with Crippen molar-refractivity contribution in [2.24, 2.45) is 0 Å². The van der Waals surface area contributed by atoms with Crippen molar-refractivity contribution in [3.05, 3.63) is 65.2 Å². The van der Waals surface area contributed by atoms with Gasteiger partial charge in [0.05, 0.1) is 0 Å². The van der Waals surface area contributed by atoms with Gasteiger partial charge in [0.25, 0.3) is 5.91 Å². The molecule has 0 aromatic heterocycles. The van der Waals surface area contributed by atoms with Gasteiger partial charge in [0, 0.05) is 24.3 Å². The van der Waals surface area contributed by atoms with E-state index in [0.29, 0.717) is 12.2 Å². The molecule has 2 aromatic carbocycles. The Balaban J connectivity index is 1.85. The lowest BCUT2D eigenvalue weighted by molar-refractivity contribution is 0.0727. The maximum atomic E-state index is 12.4. The third kappa shape index (κ3) is 2.32. The van der Waals surface area contributed by atoms with E-state index in [1.54, 1.807) is 6.07 Å². The molecular formula is C16H16N2O. The first-order valence-electron chi connectivity index (χ1n) is 6.45. The van der Waals surface area contributed by atoms with Gasteiger partial charge in [0.15, 0.2) is 0 Å². The van der Waals surface area contributed by atoms with Gasteiger partial charge in [-0.25, -0.2) is 0 Å². The number of hydrogen-bond acceptors (Lipinski definition) is 2. The molecule has 0 radical (unpaired) electrons. The van der Waals surface area contributed by atoms with Gasteiger partial charge in [0.1, 0.15) is 0 Å². The smallest absolute Gasteiger partial charge is 0.254 e. The monoisotopic (exact) mass is 252 g/mol. The predicted molar refractivity (Wildman–Crippen MR) is 75.7 cm³/mol. The number of anilines is 1. The molecule has 0 aliphatic carbocycles. The molecule has 0 atom stereocenters. The van der Waals surface area contributed by atoms with Crippen LogP contribution >= 0.6 is 0 Å². The van der Waals surface area contributed by atoms with Gasteiger partial charge in [-0.2, -0.15) is 0 Å². The fraction of sp³-hybridized carbons (Fsp3) is 0.188. The summed E-state index contributed by atoms with van der Waals surface area (Å²) in [5.74, 6) is 0.0809. The molecule has 3 heteroatoms. The lowest BCUT2D eigenvalue weighted by atomic mass is 9.98. The maximum Gasteiger partial charge on any atom is 0.254 e. The van der Waals surface area contributed by atoms with Crippen molar-refractivity contribution in [1.29, 1.82) is 0 Å². The van der Waals surface area contributed by atoms with Gasteiger partial charge in [-0.1, -0.05) is 36.4 Å². The Labute approximate surface area is 112 Å². The highest BCUT2D eigenvalue weighted by atomic mass is 16.2. The summed E-state index contributed by atoms with van der Waals surface area (Å²) in [5, 5.41) is 0. The molecule has 19 heavy (non-hydrogen) atoms. The number of benzene rings is 2. The van der Waals surface area contributed by atoms with Gasteiger partial charge in [-0.3, -0.25) is 4.79 Å². The second-order valence-electron chi connectivity index (χ2n) is 4.88.